The Kier molecular flexibility index (Phi) is 4.18. The van der Waals surface area contributed by atoms with E-state index in [2.05, 4.69) is 26.1 Å². The van der Waals surface area contributed by atoms with E-state index in [0.29, 0.717) is 5.41 Å². The van der Waals surface area contributed by atoms with E-state index in [9.17, 15) is 0 Å². The molecule has 0 bridgehead atoms. The molecule has 1 N–H and O–H groups in total. The van der Waals surface area contributed by atoms with E-state index >= 15 is 0 Å². The van der Waals surface area contributed by atoms with Crippen LogP contribution in [0.15, 0.2) is 0 Å². The molecule has 100 valence electrons. The van der Waals surface area contributed by atoms with Gasteiger partial charge in [0.15, 0.2) is 0 Å². The van der Waals surface area contributed by atoms with Crippen molar-refractivity contribution >= 4 is 0 Å². The van der Waals surface area contributed by atoms with E-state index in [0.717, 1.165) is 11.5 Å². The average molecular weight is 237 g/mol. The zero-order chi connectivity index (χ0) is 12.4. The van der Waals surface area contributed by atoms with E-state index in [1.807, 2.05) is 0 Å². The molecule has 2 aliphatic carbocycles. The van der Waals surface area contributed by atoms with Crippen LogP contribution in [0.25, 0.3) is 0 Å². The molecule has 2 rings (SSSR count). The highest BCUT2D eigenvalue weighted by Gasteiger charge is 2.37. The van der Waals surface area contributed by atoms with E-state index < -0.39 is 0 Å². The highest BCUT2D eigenvalue weighted by atomic mass is 14.9. The zero-order valence-electron chi connectivity index (χ0n) is 12.1. The minimum Gasteiger partial charge on any atom is -0.313 e. The quantitative estimate of drug-likeness (QED) is 0.758. The maximum atomic E-state index is 3.82. The van der Waals surface area contributed by atoms with Gasteiger partial charge >= 0.3 is 0 Å². The van der Waals surface area contributed by atoms with Crippen LogP contribution in [0.2, 0.25) is 0 Å². The fourth-order valence-electron chi connectivity index (χ4n) is 3.60. The van der Waals surface area contributed by atoms with Crippen molar-refractivity contribution in [1.82, 2.24) is 5.32 Å². The molecule has 0 aromatic heterocycles. The molecular formula is C16H31N. The fourth-order valence-corrected chi connectivity index (χ4v) is 3.60. The topological polar surface area (TPSA) is 12.0 Å². The lowest BCUT2D eigenvalue weighted by atomic mass is 9.71. The predicted molar refractivity (Wildman–Crippen MR) is 75.2 cm³/mol. The minimum absolute atomic E-state index is 0.475. The summed E-state index contributed by atoms with van der Waals surface area (Å²) in [5, 5.41) is 3.82. The zero-order valence-corrected chi connectivity index (χ0v) is 12.1. The van der Waals surface area contributed by atoms with E-state index in [-0.39, 0.29) is 0 Å². The third-order valence-corrected chi connectivity index (χ3v) is 5.54. The lowest BCUT2D eigenvalue weighted by Gasteiger charge is -2.38. The molecule has 2 fully saturated rings. The van der Waals surface area contributed by atoms with Crippen molar-refractivity contribution in [3.05, 3.63) is 0 Å². The summed E-state index contributed by atoms with van der Waals surface area (Å²) in [6.07, 6.45) is 13.2. The first kappa shape index (κ1) is 13.4. The van der Waals surface area contributed by atoms with Gasteiger partial charge in [-0.25, -0.2) is 0 Å². The van der Waals surface area contributed by atoms with Crippen molar-refractivity contribution in [2.75, 3.05) is 6.54 Å². The largest absolute Gasteiger partial charge is 0.313 e. The van der Waals surface area contributed by atoms with Gasteiger partial charge in [0.25, 0.3) is 0 Å². The molecule has 1 spiro atoms. The average Bonchev–Trinajstić information content (AvgIpc) is 2.77. The second-order valence-electron chi connectivity index (χ2n) is 7.38. The Bertz CT molecular complexity index is 228. The summed E-state index contributed by atoms with van der Waals surface area (Å²) in [7, 11) is 0. The van der Waals surface area contributed by atoms with E-state index in [4.69, 9.17) is 0 Å². The van der Waals surface area contributed by atoms with Crippen LogP contribution in [0, 0.1) is 10.8 Å². The van der Waals surface area contributed by atoms with Gasteiger partial charge in [-0.2, -0.15) is 0 Å². The SMILES string of the molecule is CCC(C)(C)CNC1CCC2(CCCC2)CC1. The van der Waals surface area contributed by atoms with Gasteiger partial charge in [-0.1, -0.05) is 33.6 Å². The standard InChI is InChI=1S/C16H31N/c1-4-15(2,3)13-17-14-7-11-16(12-8-14)9-5-6-10-16/h14,17H,4-13H2,1-3H3. The summed E-state index contributed by atoms with van der Waals surface area (Å²) >= 11 is 0. The summed E-state index contributed by atoms with van der Waals surface area (Å²) < 4.78 is 0. The Labute approximate surface area is 108 Å². The highest BCUT2D eigenvalue weighted by Crippen LogP contribution is 2.48. The van der Waals surface area contributed by atoms with Gasteiger partial charge in [0, 0.05) is 12.6 Å². The van der Waals surface area contributed by atoms with Gasteiger partial charge in [-0.05, 0) is 55.8 Å². The van der Waals surface area contributed by atoms with Crippen LogP contribution in [-0.2, 0) is 0 Å². The summed E-state index contributed by atoms with van der Waals surface area (Å²) in [4.78, 5) is 0. The lowest BCUT2D eigenvalue weighted by molar-refractivity contribution is 0.160. The molecule has 0 atom stereocenters. The molecule has 0 aromatic carbocycles. The predicted octanol–water partition coefficient (Wildman–Crippen LogP) is 4.52. The van der Waals surface area contributed by atoms with Crippen molar-refractivity contribution in [2.24, 2.45) is 10.8 Å². The number of hydrogen-bond acceptors (Lipinski definition) is 1. The Morgan fingerprint density at radius 2 is 1.65 bits per heavy atom. The van der Waals surface area contributed by atoms with Gasteiger partial charge in [-0.3, -0.25) is 0 Å². The molecule has 17 heavy (non-hydrogen) atoms. The van der Waals surface area contributed by atoms with E-state index in [1.54, 1.807) is 0 Å². The molecular weight excluding hydrogens is 206 g/mol. The minimum atomic E-state index is 0.475. The first-order valence-electron chi connectivity index (χ1n) is 7.79. The van der Waals surface area contributed by atoms with Crippen LogP contribution >= 0.6 is 0 Å². The second kappa shape index (κ2) is 5.30. The summed E-state index contributed by atoms with van der Waals surface area (Å²) in [5.74, 6) is 0. The van der Waals surface area contributed by atoms with Gasteiger partial charge in [0.1, 0.15) is 0 Å². The third kappa shape index (κ3) is 3.47. The molecule has 2 aliphatic rings. The third-order valence-electron chi connectivity index (χ3n) is 5.54. The van der Waals surface area contributed by atoms with Crippen LogP contribution in [-0.4, -0.2) is 12.6 Å². The Balaban J connectivity index is 1.72. The molecule has 2 saturated carbocycles. The number of hydrogen-bond donors (Lipinski definition) is 1. The van der Waals surface area contributed by atoms with Crippen molar-refractivity contribution in [3.8, 4) is 0 Å². The number of rotatable bonds is 4. The molecule has 0 aromatic rings. The second-order valence-corrected chi connectivity index (χ2v) is 7.38. The van der Waals surface area contributed by atoms with Crippen LogP contribution < -0.4 is 5.32 Å². The van der Waals surface area contributed by atoms with Crippen LogP contribution in [0.5, 0.6) is 0 Å². The first-order valence-corrected chi connectivity index (χ1v) is 7.79. The Morgan fingerprint density at radius 3 is 2.18 bits per heavy atom. The van der Waals surface area contributed by atoms with Crippen molar-refractivity contribution < 1.29 is 0 Å². The molecule has 1 heteroatoms. The highest BCUT2D eigenvalue weighted by molar-refractivity contribution is 4.91. The van der Waals surface area contributed by atoms with Gasteiger partial charge in [-0.15, -0.1) is 0 Å². The van der Waals surface area contributed by atoms with Crippen molar-refractivity contribution in [1.29, 1.82) is 0 Å². The summed E-state index contributed by atoms with van der Waals surface area (Å²) in [5.41, 5.74) is 1.26. The van der Waals surface area contributed by atoms with Crippen LogP contribution in [0.1, 0.15) is 78.6 Å². The van der Waals surface area contributed by atoms with Crippen molar-refractivity contribution in [3.63, 3.8) is 0 Å². The molecule has 0 saturated heterocycles. The maximum absolute atomic E-state index is 3.82. The lowest BCUT2D eigenvalue weighted by Crippen LogP contribution is -2.40. The van der Waals surface area contributed by atoms with Crippen LogP contribution in [0.3, 0.4) is 0 Å². The molecule has 0 heterocycles. The van der Waals surface area contributed by atoms with Gasteiger partial charge < -0.3 is 5.32 Å². The molecule has 0 radical (unpaired) electrons. The van der Waals surface area contributed by atoms with Crippen LogP contribution in [0.4, 0.5) is 0 Å². The Morgan fingerprint density at radius 1 is 1.06 bits per heavy atom. The Hall–Kier alpha value is -0.0400. The molecule has 1 nitrogen and oxygen atoms in total. The molecule has 0 unspecified atom stereocenters. The van der Waals surface area contributed by atoms with E-state index in [1.165, 1.54) is 64.3 Å². The summed E-state index contributed by atoms with van der Waals surface area (Å²) in [6.45, 7) is 8.25. The van der Waals surface area contributed by atoms with Crippen molar-refractivity contribution in [2.45, 2.75) is 84.6 Å². The smallest absolute Gasteiger partial charge is 0.00677 e. The molecule has 0 aliphatic heterocycles. The maximum Gasteiger partial charge on any atom is 0.00677 e. The monoisotopic (exact) mass is 237 g/mol. The first-order chi connectivity index (χ1) is 8.05. The summed E-state index contributed by atoms with van der Waals surface area (Å²) in [6, 6.07) is 0.812. The van der Waals surface area contributed by atoms with Gasteiger partial charge in [0.2, 0.25) is 0 Å². The molecule has 0 amide bonds. The van der Waals surface area contributed by atoms with Gasteiger partial charge in [0.05, 0.1) is 0 Å². The fraction of sp³-hybridized carbons (Fsp3) is 1.00. The number of nitrogens with one attached hydrogen (secondary N) is 1. The normalized spacial score (nSPS) is 25.6.